The molecule has 20 heavy (non-hydrogen) atoms. The molecule has 0 aromatic carbocycles. The van der Waals surface area contributed by atoms with Gasteiger partial charge in [0.1, 0.15) is 5.82 Å². The van der Waals surface area contributed by atoms with E-state index in [4.69, 9.17) is 5.26 Å². The Bertz CT molecular complexity index is 532. The van der Waals surface area contributed by atoms with Crippen molar-refractivity contribution in [2.75, 3.05) is 11.9 Å². The molecule has 0 unspecified atom stereocenters. The lowest BCUT2D eigenvalue weighted by Gasteiger charge is -2.06. The summed E-state index contributed by atoms with van der Waals surface area (Å²) >= 11 is 0. The first-order valence-electron chi connectivity index (χ1n) is 6.85. The normalized spacial score (nSPS) is 9.05. The minimum atomic E-state index is 0.343. The number of nitrogens with one attached hydrogen (secondary N) is 1. The van der Waals surface area contributed by atoms with Crippen molar-refractivity contribution in [3.63, 3.8) is 0 Å². The van der Waals surface area contributed by atoms with E-state index >= 15 is 0 Å². The molecule has 0 radical (unpaired) electrons. The lowest BCUT2D eigenvalue weighted by atomic mass is 10.2. The van der Waals surface area contributed by atoms with Gasteiger partial charge in [0.05, 0.1) is 18.2 Å². The minimum Gasteiger partial charge on any atom is -0.370 e. The molecule has 0 saturated heterocycles. The number of pyridine rings is 2. The predicted molar refractivity (Wildman–Crippen MR) is 81.3 cm³/mol. The van der Waals surface area contributed by atoms with Crippen LogP contribution < -0.4 is 5.32 Å². The van der Waals surface area contributed by atoms with E-state index in [0.29, 0.717) is 6.42 Å². The van der Waals surface area contributed by atoms with Gasteiger partial charge in [0.15, 0.2) is 0 Å². The fourth-order valence-corrected chi connectivity index (χ4v) is 1.62. The molecule has 2 aromatic heterocycles. The van der Waals surface area contributed by atoms with Crippen molar-refractivity contribution in [3.05, 3.63) is 54.0 Å². The Balaban J connectivity index is 0.000000956. The Hall–Kier alpha value is -2.41. The Kier molecular flexibility index (Phi) is 7.44. The number of rotatable bonds is 5. The Labute approximate surface area is 120 Å². The second-order valence-corrected chi connectivity index (χ2v) is 3.85. The maximum absolute atomic E-state index is 8.62. The van der Waals surface area contributed by atoms with Gasteiger partial charge in [-0.05, 0) is 24.3 Å². The van der Waals surface area contributed by atoms with Crippen molar-refractivity contribution >= 4 is 5.82 Å². The molecule has 4 heteroatoms. The standard InChI is InChI=1S/C14H14N4.C2H6/c15-9-7-13-5-3-6-14(18-13)17-11-8-12-4-1-2-10-16-12;1-2/h1-6,10H,7-8,11H2,(H,17,18);1-2H3. The van der Waals surface area contributed by atoms with Gasteiger partial charge in [-0.2, -0.15) is 5.26 Å². The highest BCUT2D eigenvalue weighted by molar-refractivity contribution is 5.35. The molecule has 0 saturated carbocycles. The van der Waals surface area contributed by atoms with Crippen LogP contribution in [0.1, 0.15) is 25.2 Å². The van der Waals surface area contributed by atoms with Crippen LogP contribution in [0.2, 0.25) is 0 Å². The van der Waals surface area contributed by atoms with Gasteiger partial charge in [0.2, 0.25) is 0 Å². The molecule has 0 aliphatic carbocycles. The summed E-state index contributed by atoms with van der Waals surface area (Å²) in [4.78, 5) is 8.59. The highest BCUT2D eigenvalue weighted by Gasteiger charge is 1.97. The molecule has 2 aromatic rings. The van der Waals surface area contributed by atoms with Crippen LogP contribution in [0, 0.1) is 11.3 Å². The molecule has 2 rings (SSSR count). The van der Waals surface area contributed by atoms with Gasteiger partial charge in [-0.25, -0.2) is 4.98 Å². The van der Waals surface area contributed by atoms with Crippen molar-refractivity contribution in [2.24, 2.45) is 0 Å². The molecule has 0 amide bonds. The fourth-order valence-electron chi connectivity index (χ4n) is 1.62. The molecule has 0 fully saturated rings. The lowest BCUT2D eigenvalue weighted by molar-refractivity contribution is 0.949. The van der Waals surface area contributed by atoms with Crippen molar-refractivity contribution < 1.29 is 0 Å². The van der Waals surface area contributed by atoms with Crippen LogP contribution in [-0.2, 0) is 12.8 Å². The van der Waals surface area contributed by atoms with Crippen LogP contribution in [0.25, 0.3) is 0 Å². The molecule has 0 spiro atoms. The van der Waals surface area contributed by atoms with Crippen LogP contribution in [0.3, 0.4) is 0 Å². The third kappa shape index (κ3) is 5.49. The maximum atomic E-state index is 8.62. The third-order valence-electron chi connectivity index (χ3n) is 2.48. The molecular weight excluding hydrogens is 248 g/mol. The van der Waals surface area contributed by atoms with Gasteiger partial charge in [-0.1, -0.05) is 26.0 Å². The van der Waals surface area contributed by atoms with Gasteiger partial charge in [-0.15, -0.1) is 0 Å². The summed E-state index contributed by atoms with van der Waals surface area (Å²) in [5, 5.41) is 11.8. The lowest BCUT2D eigenvalue weighted by Crippen LogP contribution is -2.07. The van der Waals surface area contributed by atoms with Crippen molar-refractivity contribution in [1.29, 1.82) is 5.26 Å². The van der Waals surface area contributed by atoms with Crippen LogP contribution >= 0.6 is 0 Å². The zero-order chi connectivity index (χ0) is 14.6. The highest BCUT2D eigenvalue weighted by Crippen LogP contribution is 2.05. The number of nitrogens with zero attached hydrogens (tertiary/aromatic N) is 3. The van der Waals surface area contributed by atoms with Crippen molar-refractivity contribution in [1.82, 2.24) is 9.97 Å². The average molecular weight is 268 g/mol. The zero-order valence-corrected chi connectivity index (χ0v) is 12.0. The molecule has 2 heterocycles. The number of hydrogen-bond acceptors (Lipinski definition) is 4. The SMILES string of the molecule is CC.N#CCc1cccc(NCCc2ccccn2)n1. The second-order valence-electron chi connectivity index (χ2n) is 3.85. The topological polar surface area (TPSA) is 61.6 Å². The van der Waals surface area contributed by atoms with E-state index in [1.165, 1.54) is 0 Å². The Morgan fingerprint density at radius 2 is 1.90 bits per heavy atom. The van der Waals surface area contributed by atoms with Gasteiger partial charge < -0.3 is 5.32 Å². The summed E-state index contributed by atoms with van der Waals surface area (Å²) in [5.74, 6) is 0.804. The molecule has 0 aliphatic heterocycles. The average Bonchev–Trinajstić information content (AvgIpc) is 2.51. The van der Waals surface area contributed by atoms with E-state index in [9.17, 15) is 0 Å². The van der Waals surface area contributed by atoms with Crippen molar-refractivity contribution in [2.45, 2.75) is 26.7 Å². The zero-order valence-electron chi connectivity index (χ0n) is 12.0. The van der Waals surface area contributed by atoms with Gasteiger partial charge in [0.25, 0.3) is 0 Å². The Morgan fingerprint density at radius 1 is 1.10 bits per heavy atom. The summed E-state index contributed by atoms with van der Waals surface area (Å²) in [7, 11) is 0. The summed E-state index contributed by atoms with van der Waals surface area (Å²) in [6.45, 7) is 4.78. The van der Waals surface area contributed by atoms with E-state index in [2.05, 4.69) is 21.4 Å². The third-order valence-corrected chi connectivity index (χ3v) is 2.48. The van der Waals surface area contributed by atoms with Gasteiger partial charge >= 0.3 is 0 Å². The number of hydrogen-bond donors (Lipinski definition) is 1. The van der Waals surface area contributed by atoms with Crippen LogP contribution in [0.4, 0.5) is 5.82 Å². The summed E-state index contributed by atoms with van der Waals surface area (Å²) in [5.41, 5.74) is 1.85. The molecule has 0 bridgehead atoms. The van der Waals surface area contributed by atoms with E-state index in [1.54, 1.807) is 6.20 Å². The summed E-state index contributed by atoms with van der Waals surface area (Å²) in [6, 6.07) is 13.6. The first-order chi connectivity index (χ1) is 9.88. The Morgan fingerprint density at radius 3 is 2.60 bits per heavy atom. The monoisotopic (exact) mass is 268 g/mol. The quantitative estimate of drug-likeness (QED) is 0.904. The van der Waals surface area contributed by atoms with Crippen molar-refractivity contribution in [3.8, 4) is 6.07 Å². The molecule has 1 N–H and O–H groups in total. The number of anilines is 1. The van der Waals surface area contributed by atoms with Crippen LogP contribution in [0.5, 0.6) is 0 Å². The maximum Gasteiger partial charge on any atom is 0.126 e. The number of aromatic nitrogens is 2. The molecule has 104 valence electrons. The predicted octanol–water partition coefficient (Wildman–Crippen LogP) is 3.22. The van der Waals surface area contributed by atoms with Crippen LogP contribution in [0.15, 0.2) is 42.6 Å². The highest BCUT2D eigenvalue weighted by atomic mass is 15.0. The second kappa shape index (κ2) is 9.51. The fraction of sp³-hybridized carbons (Fsp3) is 0.312. The van der Waals surface area contributed by atoms with E-state index < -0.39 is 0 Å². The van der Waals surface area contributed by atoms with E-state index in [-0.39, 0.29) is 0 Å². The smallest absolute Gasteiger partial charge is 0.126 e. The van der Waals surface area contributed by atoms with E-state index in [0.717, 1.165) is 30.2 Å². The summed E-state index contributed by atoms with van der Waals surface area (Å²) < 4.78 is 0. The molecule has 0 atom stereocenters. The molecular formula is C16H20N4. The summed E-state index contributed by atoms with van der Waals surface area (Å²) in [6.07, 6.45) is 2.99. The number of nitriles is 1. The molecule has 4 nitrogen and oxygen atoms in total. The van der Waals surface area contributed by atoms with E-state index in [1.807, 2.05) is 50.2 Å². The minimum absolute atomic E-state index is 0.343. The van der Waals surface area contributed by atoms with Crippen LogP contribution in [-0.4, -0.2) is 16.5 Å². The first kappa shape index (κ1) is 15.6. The first-order valence-corrected chi connectivity index (χ1v) is 6.85. The molecule has 0 aliphatic rings. The van der Waals surface area contributed by atoms with Gasteiger partial charge in [-0.3, -0.25) is 4.98 Å². The largest absolute Gasteiger partial charge is 0.370 e. The van der Waals surface area contributed by atoms with Gasteiger partial charge in [0, 0.05) is 24.9 Å².